The molecule has 1 aromatic carbocycles. The standard InChI is InChI=1S/C44H56N6O10/c1-26-22-31-38(47-16-17-49-18-20-50(21-19-49)44(56)59-35-14-15-46-32-12-8-7-11-30(32)35)34(51)25-33(40(31)53)48-42(54)27(2)10-9-13-36(57-5)41(60-43(45)55)29(4)24-28(3)39(52)37(23-26)58-6/h7-15,24-26,28,36-37,39,41,47,52H,16-23H2,1-6H3,(H2,45,55)(H,48,54)/b13-9-,27-10+,29-24+/t26-,28+,36+,37+,39+,41+/m1/s1. The molecule has 6 atom stereocenters. The second-order valence-corrected chi connectivity index (χ2v) is 15.4. The zero-order chi connectivity index (χ0) is 43.5. The van der Waals surface area contributed by atoms with Crippen molar-refractivity contribution < 1.29 is 48.0 Å². The number of carbonyl (C=O) groups is 5. The Hall–Kier alpha value is -5.68. The predicted molar refractivity (Wildman–Crippen MR) is 223 cm³/mol. The molecule has 60 heavy (non-hydrogen) atoms. The van der Waals surface area contributed by atoms with Gasteiger partial charge >= 0.3 is 12.2 Å². The average Bonchev–Trinajstić information content (AvgIpc) is 3.23. The summed E-state index contributed by atoms with van der Waals surface area (Å²) in [5, 5.41) is 18.0. The molecule has 0 radical (unpaired) electrons. The van der Waals surface area contributed by atoms with E-state index in [1.165, 1.54) is 20.3 Å². The molecule has 2 aliphatic heterocycles. The van der Waals surface area contributed by atoms with Crippen LogP contribution in [0.5, 0.6) is 5.75 Å². The lowest BCUT2D eigenvalue weighted by Gasteiger charge is -2.34. The fourth-order valence-electron chi connectivity index (χ4n) is 7.59. The van der Waals surface area contributed by atoms with Crippen molar-refractivity contribution in [3.63, 3.8) is 0 Å². The molecule has 16 nitrogen and oxygen atoms in total. The monoisotopic (exact) mass is 828 g/mol. The van der Waals surface area contributed by atoms with E-state index in [1.807, 2.05) is 31.2 Å². The van der Waals surface area contributed by atoms with Crippen LogP contribution in [0, 0.1) is 11.8 Å². The summed E-state index contributed by atoms with van der Waals surface area (Å²) in [7, 11) is 2.92. The molecule has 1 saturated heterocycles. The van der Waals surface area contributed by atoms with Crippen LogP contribution in [0.3, 0.4) is 0 Å². The minimum absolute atomic E-state index is 0.144. The lowest BCUT2D eigenvalue weighted by atomic mass is 9.85. The highest BCUT2D eigenvalue weighted by atomic mass is 16.6. The van der Waals surface area contributed by atoms with Crippen molar-refractivity contribution in [3.05, 3.63) is 95.0 Å². The number of ketones is 2. The zero-order valence-corrected chi connectivity index (χ0v) is 35.0. The average molecular weight is 829 g/mol. The molecule has 1 aliphatic carbocycles. The maximum absolute atomic E-state index is 14.1. The molecule has 3 amide bonds. The maximum atomic E-state index is 14.1. The zero-order valence-electron chi connectivity index (χ0n) is 35.0. The number of hydrogen-bond acceptors (Lipinski definition) is 13. The summed E-state index contributed by atoms with van der Waals surface area (Å²) in [5.74, 6) is -1.86. The van der Waals surface area contributed by atoms with Crippen LogP contribution >= 0.6 is 0 Å². The first-order valence-electron chi connectivity index (χ1n) is 20.1. The number of piperazine rings is 1. The Morgan fingerprint density at radius 2 is 1.77 bits per heavy atom. The number of hydrogen-bond donors (Lipinski definition) is 4. The third-order valence-corrected chi connectivity index (χ3v) is 11.0. The quantitative estimate of drug-likeness (QED) is 0.221. The summed E-state index contributed by atoms with van der Waals surface area (Å²) in [5.41, 5.74) is 7.13. The van der Waals surface area contributed by atoms with Crippen molar-refractivity contribution in [1.29, 1.82) is 0 Å². The summed E-state index contributed by atoms with van der Waals surface area (Å²) in [6.07, 6.45) is 4.70. The fourth-order valence-corrected chi connectivity index (χ4v) is 7.59. The molecule has 322 valence electrons. The Bertz CT molecular complexity index is 2080. The van der Waals surface area contributed by atoms with E-state index < -0.39 is 60.0 Å². The second-order valence-electron chi connectivity index (χ2n) is 15.4. The first-order valence-corrected chi connectivity index (χ1v) is 20.1. The Morgan fingerprint density at radius 3 is 2.47 bits per heavy atom. The molecular weight excluding hydrogens is 773 g/mol. The normalized spacial score (nSPS) is 27.6. The van der Waals surface area contributed by atoms with Crippen LogP contribution in [0.25, 0.3) is 10.9 Å². The second kappa shape index (κ2) is 21.0. The third-order valence-electron chi connectivity index (χ3n) is 11.0. The van der Waals surface area contributed by atoms with E-state index in [2.05, 4.69) is 20.5 Å². The van der Waals surface area contributed by atoms with Crippen LogP contribution in [0.1, 0.15) is 40.5 Å². The molecule has 0 spiro atoms. The van der Waals surface area contributed by atoms with Crippen molar-refractivity contribution in [1.82, 2.24) is 25.4 Å². The summed E-state index contributed by atoms with van der Waals surface area (Å²) in [6.45, 7) is 9.85. The number of rotatable bonds is 8. The number of carbonyl (C=O) groups excluding carboxylic acids is 5. The van der Waals surface area contributed by atoms with Gasteiger partial charge in [-0.1, -0.05) is 50.3 Å². The van der Waals surface area contributed by atoms with E-state index in [4.69, 9.17) is 24.7 Å². The van der Waals surface area contributed by atoms with Gasteiger partial charge in [-0.05, 0) is 56.4 Å². The van der Waals surface area contributed by atoms with E-state index in [-0.39, 0.29) is 34.9 Å². The number of methoxy groups -OCH3 is 2. The third kappa shape index (κ3) is 11.5. The number of nitrogens with two attached hydrogens (primary N) is 1. The van der Waals surface area contributed by atoms with Gasteiger partial charge in [-0.25, -0.2) is 9.59 Å². The molecule has 16 heteroatoms. The molecule has 3 heterocycles. The first-order chi connectivity index (χ1) is 28.7. The van der Waals surface area contributed by atoms with Crippen LogP contribution in [0.4, 0.5) is 9.59 Å². The van der Waals surface area contributed by atoms with Crippen molar-refractivity contribution in [3.8, 4) is 5.75 Å². The van der Waals surface area contributed by atoms with Crippen molar-refractivity contribution in [2.45, 2.75) is 65.0 Å². The van der Waals surface area contributed by atoms with E-state index in [1.54, 1.807) is 56.2 Å². The number of pyridine rings is 1. The topological polar surface area (TPSA) is 212 Å². The van der Waals surface area contributed by atoms with Crippen LogP contribution in [-0.4, -0.2) is 127 Å². The van der Waals surface area contributed by atoms with E-state index in [9.17, 15) is 29.1 Å². The van der Waals surface area contributed by atoms with Gasteiger partial charge in [0.05, 0.1) is 29.1 Å². The van der Waals surface area contributed by atoms with Crippen molar-refractivity contribution in [2.24, 2.45) is 17.6 Å². The highest BCUT2D eigenvalue weighted by molar-refractivity contribution is 6.23. The Kier molecular flexibility index (Phi) is 15.9. The summed E-state index contributed by atoms with van der Waals surface area (Å²) >= 11 is 0. The van der Waals surface area contributed by atoms with Crippen LogP contribution in [0.15, 0.2) is 95.0 Å². The van der Waals surface area contributed by atoms with E-state index in [0.717, 1.165) is 17.0 Å². The number of amides is 3. The van der Waals surface area contributed by atoms with Gasteiger partial charge in [-0.3, -0.25) is 24.3 Å². The minimum Gasteiger partial charge on any atom is -0.439 e. The molecule has 0 saturated carbocycles. The smallest absolute Gasteiger partial charge is 0.415 e. The number of aliphatic hydroxyl groups excluding tert-OH is 1. The summed E-state index contributed by atoms with van der Waals surface area (Å²) in [4.78, 5) is 74.2. The number of ether oxygens (including phenoxy) is 4. The molecule has 1 aromatic heterocycles. The summed E-state index contributed by atoms with van der Waals surface area (Å²) in [6, 6.07) is 9.12. The maximum Gasteiger partial charge on any atom is 0.415 e. The number of allylic oxidation sites excluding steroid dienone is 4. The van der Waals surface area contributed by atoms with Gasteiger partial charge in [-0.2, -0.15) is 0 Å². The molecule has 2 bridgehead atoms. The predicted octanol–water partition coefficient (Wildman–Crippen LogP) is 3.72. The molecule has 0 unspecified atom stereocenters. The number of benzene rings is 1. The van der Waals surface area contributed by atoms with Gasteiger partial charge in [0, 0.05) is 88.2 Å². The highest BCUT2D eigenvalue weighted by Crippen LogP contribution is 2.29. The van der Waals surface area contributed by atoms with Crippen LogP contribution in [-0.2, 0) is 28.6 Å². The van der Waals surface area contributed by atoms with E-state index in [0.29, 0.717) is 57.0 Å². The SMILES string of the molecule is CO[C@H]1/C=C\C=C(/C)C(=O)NC2=CC(=O)C(NCCN3CCN(C(=O)Oc4ccnc5ccccc45)CC3)=C(C[C@@H](C)C[C@H](OC)[C@@H](O)[C@@H](C)/C=C(\C)[C@@H]1OC(N)=O)C2=O. The highest BCUT2D eigenvalue weighted by Gasteiger charge is 2.34. The Balaban J connectivity index is 1.31. The molecule has 5 N–H and O–H groups in total. The van der Waals surface area contributed by atoms with E-state index >= 15 is 0 Å². The molecule has 5 rings (SSSR count). The molecular formula is C44H56N6O10. The first kappa shape index (κ1) is 45.4. The number of para-hydroxylation sites is 1. The fraction of sp³-hybridized carbons (Fsp3) is 0.455. The molecule has 3 aliphatic rings. The van der Waals surface area contributed by atoms with Gasteiger partial charge in [0.1, 0.15) is 11.9 Å². The van der Waals surface area contributed by atoms with Gasteiger partial charge in [0.2, 0.25) is 11.6 Å². The minimum atomic E-state index is -1.01. The van der Waals surface area contributed by atoms with Crippen molar-refractivity contribution in [2.75, 3.05) is 53.5 Å². The lowest BCUT2D eigenvalue weighted by Crippen LogP contribution is -2.50. The number of Topliss-reactive ketones (excluding diaryl/α,β-unsaturated/α-hetero) is 1. The number of aliphatic hydroxyl groups is 1. The number of fused-ring (bicyclic) bond motifs is 3. The van der Waals surface area contributed by atoms with Crippen molar-refractivity contribution >= 4 is 40.6 Å². The summed E-state index contributed by atoms with van der Waals surface area (Å²) < 4.78 is 22.5. The van der Waals surface area contributed by atoms with Gasteiger partial charge in [0.25, 0.3) is 5.91 Å². The number of nitrogens with one attached hydrogen (secondary N) is 2. The van der Waals surface area contributed by atoms with Gasteiger partial charge in [0.15, 0.2) is 6.10 Å². The molecule has 1 fully saturated rings. The van der Waals surface area contributed by atoms with Gasteiger partial charge in [-0.15, -0.1) is 0 Å². The lowest BCUT2D eigenvalue weighted by molar-refractivity contribution is -0.120. The van der Waals surface area contributed by atoms with Crippen LogP contribution < -0.4 is 21.1 Å². The number of primary amides is 1. The van der Waals surface area contributed by atoms with Crippen LogP contribution in [0.2, 0.25) is 0 Å². The molecule has 2 aromatic rings. The van der Waals surface area contributed by atoms with Gasteiger partial charge < -0.3 is 45.3 Å². The number of aromatic nitrogens is 1. The number of nitrogens with zero attached hydrogens (tertiary/aromatic N) is 3. The largest absolute Gasteiger partial charge is 0.439 e. The Morgan fingerprint density at radius 1 is 1.03 bits per heavy atom. The Labute approximate surface area is 350 Å².